The number of rotatable bonds is 2. The van der Waals surface area contributed by atoms with Gasteiger partial charge in [-0.1, -0.05) is 23.2 Å². The van der Waals surface area contributed by atoms with Gasteiger partial charge in [-0.3, -0.25) is 9.78 Å². The number of carbonyl (C=O) groups excluding carboxylic acids is 1. The first-order valence-corrected chi connectivity index (χ1v) is 5.76. The maximum Gasteiger partial charge on any atom is 0.221 e. The van der Waals surface area contributed by atoms with Gasteiger partial charge in [0, 0.05) is 16.1 Å². The Morgan fingerprint density at radius 1 is 1.35 bits per heavy atom. The van der Waals surface area contributed by atoms with Crippen molar-refractivity contribution in [3.8, 4) is 0 Å². The second kappa shape index (κ2) is 4.51. The number of halogens is 2. The molecular formula is C12H10Cl2N2O. The van der Waals surface area contributed by atoms with E-state index < -0.39 is 5.91 Å². The predicted octanol–water partition coefficient (Wildman–Crippen LogP) is 2.88. The van der Waals surface area contributed by atoms with Crippen LogP contribution in [0.1, 0.15) is 11.3 Å². The maximum atomic E-state index is 11.0. The Hall–Kier alpha value is -1.32. The molecule has 0 saturated heterocycles. The largest absolute Gasteiger partial charge is 0.369 e. The van der Waals surface area contributed by atoms with Crippen LogP contribution in [-0.2, 0) is 11.2 Å². The average molecular weight is 269 g/mol. The van der Waals surface area contributed by atoms with Crippen molar-refractivity contribution in [1.29, 1.82) is 0 Å². The highest BCUT2D eigenvalue weighted by Gasteiger charge is 2.10. The number of nitrogens with zero attached hydrogens (tertiary/aromatic N) is 1. The third kappa shape index (κ3) is 2.51. The Morgan fingerprint density at radius 3 is 2.71 bits per heavy atom. The molecule has 2 N–H and O–H groups in total. The molecule has 2 aromatic rings. The van der Waals surface area contributed by atoms with Crippen molar-refractivity contribution in [3.05, 3.63) is 39.5 Å². The summed E-state index contributed by atoms with van der Waals surface area (Å²) in [6.07, 6.45) is 0.149. The minimum absolute atomic E-state index is 0.149. The van der Waals surface area contributed by atoms with Gasteiger partial charge < -0.3 is 5.73 Å². The Morgan fingerprint density at radius 2 is 2.06 bits per heavy atom. The molecule has 0 fully saturated rings. The minimum atomic E-state index is -0.395. The number of primary amides is 1. The van der Waals surface area contributed by atoms with Crippen LogP contribution in [0.4, 0.5) is 0 Å². The van der Waals surface area contributed by atoms with E-state index in [0.29, 0.717) is 15.6 Å². The molecular weight excluding hydrogens is 259 g/mol. The van der Waals surface area contributed by atoms with Crippen molar-refractivity contribution in [2.75, 3.05) is 0 Å². The number of carbonyl (C=O) groups is 1. The molecule has 0 unspecified atom stereocenters. The van der Waals surface area contributed by atoms with Gasteiger partial charge in [0.1, 0.15) is 0 Å². The molecule has 0 radical (unpaired) electrons. The Bertz CT molecular complexity index is 611. The van der Waals surface area contributed by atoms with E-state index in [1.165, 1.54) is 0 Å². The lowest BCUT2D eigenvalue weighted by molar-refractivity contribution is -0.117. The van der Waals surface area contributed by atoms with Crippen LogP contribution in [0.25, 0.3) is 10.9 Å². The smallest absolute Gasteiger partial charge is 0.221 e. The molecule has 0 aliphatic carbocycles. The van der Waals surface area contributed by atoms with E-state index in [0.717, 1.165) is 16.6 Å². The third-order valence-corrected chi connectivity index (χ3v) is 2.92. The first-order valence-electron chi connectivity index (χ1n) is 5.01. The van der Waals surface area contributed by atoms with Gasteiger partial charge >= 0.3 is 0 Å². The molecule has 17 heavy (non-hydrogen) atoms. The van der Waals surface area contributed by atoms with Crippen molar-refractivity contribution in [1.82, 2.24) is 4.98 Å². The van der Waals surface area contributed by atoms with Gasteiger partial charge in [-0.15, -0.1) is 0 Å². The SMILES string of the molecule is Cc1cc(CC(N)=O)c2cc(Cl)cc(Cl)c2n1. The van der Waals surface area contributed by atoms with Gasteiger partial charge in [0.2, 0.25) is 5.91 Å². The number of amides is 1. The molecule has 5 heteroatoms. The maximum absolute atomic E-state index is 11.0. The first kappa shape index (κ1) is 12.1. The number of aryl methyl sites for hydroxylation is 1. The van der Waals surface area contributed by atoms with Crippen LogP contribution in [0, 0.1) is 6.92 Å². The van der Waals surface area contributed by atoms with E-state index in [9.17, 15) is 4.79 Å². The molecule has 0 bridgehead atoms. The summed E-state index contributed by atoms with van der Waals surface area (Å²) < 4.78 is 0. The van der Waals surface area contributed by atoms with Crippen LogP contribution < -0.4 is 5.73 Å². The van der Waals surface area contributed by atoms with Crippen molar-refractivity contribution < 1.29 is 4.79 Å². The van der Waals surface area contributed by atoms with Crippen LogP contribution in [0.2, 0.25) is 10.0 Å². The fourth-order valence-electron chi connectivity index (χ4n) is 1.80. The first-order chi connectivity index (χ1) is 7.97. The number of benzene rings is 1. The summed E-state index contributed by atoms with van der Waals surface area (Å²) in [7, 11) is 0. The molecule has 1 amide bonds. The second-order valence-corrected chi connectivity index (χ2v) is 4.69. The van der Waals surface area contributed by atoms with E-state index in [-0.39, 0.29) is 6.42 Å². The van der Waals surface area contributed by atoms with Crippen LogP contribution >= 0.6 is 23.2 Å². The van der Waals surface area contributed by atoms with E-state index in [4.69, 9.17) is 28.9 Å². The summed E-state index contributed by atoms with van der Waals surface area (Å²) in [5, 5.41) is 1.76. The van der Waals surface area contributed by atoms with Crippen LogP contribution in [-0.4, -0.2) is 10.9 Å². The van der Waals surface area contributed by atoms with Gasteiger partial charge in [-0.05, 0) is 30.7 Å². The summed E-state index contributed by atoms with van der Waals surface area (Å²) in [4.78, 5) is 15.4. The molecule has 0 aliphatic heterocycles. The summed E-state index contributed by atoms with van der Waals surface area (Å²) in [6.45, 7) is 1.84. The molecule has 0 atom stereocenters. The fraction of sp³-hybridized carbons (Fsp3) is 0.167. The summed E-state index contributed by atoms with van der Waals surface area (Å²) in [5.41, 5.74) is 7.45. The number of aromatic nitrogens is 1. The van der Waals surface area contributed by atoms with Crippen LogP contribution in [0.5, 0.6) is 0 Å². The highest BCUT2D eigenvalue weighted by atomic mass is 35.5. The second-order valence-electron chi connectivity index (χ2n) is 3.85. The molecule has 0 saturated carbocycles. The zero-order valence-electron chi connectivity index (χ0n) is 9.13. The molecule has 1 aromatic carbocycles. The lowest BCUT2D eigenvalue weighted by atomic mass is 10.0. The lowest BCUT2D eigenvalue weighted by Crippen LogP contribution is -2.14. The summed E-state index contributed by atoms with van der Waals surface area (Å²) in [6, 6.07) is 5.19. The Kier molecular flexibility index (Phi) is 3.22. The average Bonchev–Trinajstić information content (AvgIpc) is 2.19. The minimum Gasteiger partial charge on any atom is -0.369 e. The van der Waals surface area contributed by atoms with Gasteiger partial charge in [0.15, 0.2) is 0 Å². The fourth-order valence-corrected chi connectivity index (χ4v) is 2.33. The quantitative estimate of drug-likeness (QED) is 0.911. The van der Waals surface area contributed by atoms with E-state index in [2.05, 4.69) is 4.98 Å². The standard InChI is InChI=1S/C12H10Cl2N2O/c1-6-2-7(3-11(15)17)9-4-8(13)5-10(14)12(9)16-6/h2,4-5H,3H2,1H3,(H2,15,17). The topological polar surface area (TPSA) is 56.0 Å². The van der Waals surface area contributed by atoms with Gasteiger partial charge in [0.25, 0.3) is 0 Å². The van der Waals surface area contributed by atoms with Crippen LogP contribution in [0.15, 0.2) is 18.2 Å². The number of fused-ring (bicyclic) bond motifs is 1. The molecule has 88 valence electrons. The summed E-state index contributed by atoms with van der Waals surface area (Å²) >= 11 is 12.0. The monoisotopic (exact) mass is 268 g/mol. The number of nitrogens with two attached hydrogens (primary N) is 1. The van der Waals surface area contributed by atoms with E-state index in [1.54, 1.807) is 12.1 Å². The Labute approximate surface area is 109 Å². The third-order valence-electron chi connectivity index (χ3n) is 2.41. The van der Waals surface area contributed by atoms with E-state index >= 15 is 0 Å². The van der Waals surface area contributed by atoms with Gasteiger partial charge in [-0.25, -0.2) is 0 Å². The zero-order chi connectivity index (χ0) is 12.6. The molecule has 3 nitrogen and oxygen atoms in total. The van der Waals surface area contributed by atoms with Crippen molar-refractivity contribution in [2.24, 2.45) is 5.73 Å². The molecule has 1 aromatic heterocycles. The Balaban J connectivity index is 2.77. The van der Waals surface area contributed by atoms with Crippen molar-refractivity contribution >= 4 is 40.0 Å². The number of pyridine rings is 1. The highest BCUT2D eigenvalue weighted by molar-refractivity contribution is 6.38. The summed E-state index contributed by atoms with van der Waals surface area (Å²) in [5.74, 6) is -0.395. The van der Waals surface area contributed by atoms with E-state index in [1.807, 2.05) is 13.0 Å². The van der Waals surface area contributed by atoms with Gasteiger partial charge in [0.05, 0.1) is 17.0 Å². The van der Waals surface area contributed by atoms with Crippen LogP contribution in [0.3, 0.4) is 0 Å². The zero-order valence-corrected chi connectivity index (χ0v) is 10.6. The van der Waals surface area contributed by atoms with Crippen molar-refractivity contribution in [2.45, 2.75) is 13.3 Å². The predicted molar refractivity (Wildman–Crippen MR) is 69.4 cm³/mol. The van der Waals surface area contributed by atoms with Crippen molar-refractivity contribution in [3.63, 3.8) is 0 Å². The number of hydrogen-bond acceptors (Lipinski definition) is 2. The lowest BCUT2D eigenvalue weighted by Gasteiger charge is -2.08. The molecule has 0 spiro atoms. The molecule has 0 aliphatic rings. The molecule has 2 rings (SSSR count). The molecule has 1 heterocycles. The normalized spacial score (nSPS) is 10.8. The highest BCUT2D eigenvalue weighted by Crippen LogP contribution is 2.29. The number of hydrogen-bond donors (Lipinski definition) is 1. The van der Waals surface area contributed by atoms with Gasteiger partial charge in [-0.2, -0.15) is 0 Å².